The Morgan fingerprint density at radius 3 is 2.43 bits per heavy atom. The monoisotopic (exact) mass is 192 g/mol. The number of halogens is 1. The van der Waals surface area contributed by atoms with Gasteiger partial charge in [-0.2, -0.15) is 0 Å². The third-order valence-electron chi connectivity index (χ3n) is 2.02. The Morgan fingerprint density at radius 1 is 1.36 bits per heavy atom. The summed E-state index contributed by atoms with van der Waals surface area (Å²) in [7, 11) is 0. The van der Waals surface area contributed by atoms with Crippen molar-refractivity contribution >= 4 is 11.4 Å². The number of rotatable bonds is 3. The fourth-order valence-corrected chi connectivity index (χ4v) is 1.19. The molecule has 0 aromatic heterocycles. The molecule has 0 N–H and O–H groups in total. The highest BCUT2D eigenvalue weighted by molar-refractivity contribution is 6.20. The number of carbonyl (C=O) groups excluding carboxylic acids is 1. The van der Waals surface area contributed by atoms with Crippen LogP contribution in [0.25, 0.3) is 5.57 Å². The van der Waals surface area contributed by atoms with Gasteiger partial charge in [-0.25, -0.2) is 4.39 Å². The first kappa shape index (κ1) is 10.6. The first-order valence-electron chi connectivity index (χ1n) is 4.52. The first-order valence-corrected chi connectivity index (χ1v) is 4.52. The van der Waals surface area contributed by atoms with E-state index >= 15 is 0 Å². The third-order valence-corrected chi connectivity index (χ3v) is 2.02. The van der Waals surface area contributed by atoms with Crippen LogP contribution in [0.2, 0.25) is 0 Å². The Bertz CT molecular complexity index is 366. The molecule has 0 amide bonds. The fourth-order valence-electron chi connectivity index (χ4n) is 1.19. The number of ketones is 1. The number of carbonyl (C=O) groups is 1. The van der Waals surface area contributed by atoms with Crippen molar-refractivity contribution in [2.24, 2.45) is 5.92 Å². The predicted molar refractivity (Wildman–Crippen MR) is 55.3 cm³/mol. The lowest BCUT2D eigenvalue weighted by atomic mass is 9.96. The summed E-state index contributed by atoms with van der Waals surface area (Å²) >= 11 is 0. The van der Waals surface area contributed by atoms with Gasteiger partial charge >= 0.3 is 0 Å². The lowest BCUT2D eigenvalue weighted by Gasteiger charge is -2.08. The molecule has 74 valence electrons. The molecule has 0 heterocycles. The van der Waals surface area contributed by atoms with E-state index in [9.17, 15) is 9.18 Å². The second-order valence-electron chi connectivity index (χ2n) is 3.48. The number of hydrogen-bond donors (Lipinski definition) is 0. The zero-order chi connectivity index (χ0) is 10.7. The zero-order valence-electron chi connectivity index (χ0n) is 8.38. The van der Waals surface area contributed by atoms with Gasteiger partial charge in [-0.15, -0.1) is 0 Å². The Kier molecular flexibility index (Phi) is 3.18. The highest BCUT2D eigenvalue weighted by Crippen LogP contribution is 2.19. The van der Waals surface area contributed by atoms with Crippen molar-refractivity contribution in [3.05, 3.63) is 42.2 Å². The zero-order valence-corrected chi connectivity index (χ0v) is 8.38. The molecule has 1 nitrogen and oxygen atoms in total. The van der Waals surface area contributed by atoms with Crippen LogP contribution in [0.1, 0.15) is 19.4 Å². The molecule has 0 radical (unpaired) electrons. The molecule has 14 heavy (non-hydrogen) atoms. The average Bonchev–Trinajstić information content (AvgIpc) is 2.16. The van der Waals surface area contributed by atoms with Crippen molar-refractivity contribution in [2.45, 2.75) is 13.8 Å². The molecule has 0 bridgehead atoms. The molecule has 0 saturated heterocycles. The molecule has 0 spiro atoms. The van der Waals surface area contributed by atoms with E-state index in [-0.39, 0.29) is 17.3 Å². The smallest absolute Gasteiger partial charge is 0.165 e. The van der Waals surface area contributed by atoms with Crippen LogP contribution in [0, 0.1) is 11.7 Å². The van der Waals surface area contributed by atoms with Crippen molar-refractivity contribution < 1.29 is 9.18 Å². The molecule has 0 aliphatic heterocycles. The van der Waals surface area contributed by atoms with Crippen LogP contribution in [0.5, 0.6) is 0 Å². The highest BCUT2D eigenvalue weighted by atomic mass is 19.1. The van der Waals surface area contributed by atoms with Gasteiger partial charge in [0, 0.05) is 17.1 Å². The Balaban J connectivity index is 3.02. The first-order chi connectivity index (χ1) is 6.54. The Labute approximate surface area is 83.3 Å². The van der Waals surface area contributed by atoms with Gasteiger partial charge in [0.2, 0.25) is 0 Å². The highest BCUT2D eigenvalue weighted by Gasteiger charge is 2.15. The van der Waals surface area contributed by atoms with Crippen LogP contribution >= 0.6 is 0 Å². The van der Waals surface area contributed by atoms with Gasteiger partial charge in [0.1, 0.15) is 5.82 Å². The summed E-state index contributed by atoms with van der Waals surface area (Å²) < 4.78 is 13.3. The summed E-state index contributed by atoms with van der Waals surface area (Å²) in [5.41, 5.74) is 0.546. The maximum atomic E-state index is 13.3. The normalized spacial score (nSPS) is 10.3. The second kappa shape index (κ2) is 4.18. The van der Waals surface area contributed by atoms with E-state index in [1.807, 2.05) is 0 Å². The maximum absolute atomic E-state index is 13.3. The van der Waals surface area contributed by atoms with E-state index in [1.165, 1.54) is 6.07 Å². The molecular formula is C12H13FO. The molecule has 1 aromatic rings. The third kappa shape index (κ3) is 2.08. The molecule has 0 unspecified atom stereocenters. The Morgan fingerprint density at radius 2 is 1.93 bits per heavy atom. The van der Waals surface area contributed by atoms with Crippen molar-refractivity contribution in [2.75, 3.05) is 0 Å². The quantitative estimate of drug-likeness (QED) is 0.672. The van der Waals surface area contributed by atoms with E-state index in [0.29, 0.717) is 5.56 Å². The van der Waals surface area contributed by atoms with Crippen LogP contribution in [0.15, 0.2) is 30.8 Å². The molecule has 0 aliphatic rings. The minimum atomic E-state index is -0.397. The van der Waals surface area contributed by atoms with E-state index in [4.69, 9.17) is 0 Å². The lowest BCUT2D eigenvalue weighted by molar-refractivity contribution is -0.116. The molecule has 1 aromatic carbocycles. The molecule has 2 heteroatoms. The SMILES string of the molecule is C=C(C(=O)C(C)C)c1ccccc1F. The molecule has 0 atom stereocenters. The Hall–Kier alpha value is -1.44. The summed E-state index contributed by atoms with van der Waals surface area (Å²) in [5, 5.41) is 0. The summed E-state index contributed by atoms with van der Waals surface area (Å²) in [6.07, 6.45) is 0. The topological polar surface area (TPSA) is 17.1 Å². The van der Waals surface area contributed by atoms with Gasteiger partial charge in [0.05, 0.1) is 0 Å². The van der Waals surface area contributed by atoms with E-state index < -0.39 is 5.82 Å². The fraction of sp³-hybridized carbons (Fsp3) is 0.250. The van der Waals surface area contributed by atoms with Gasteiger partial charge in [-0.1, -0.05) is 38.6 Å². The molecule has 1 rings (SSSR count). The minimum Gasteiger partial charge on any atom is -0.294 e. The van der Waals surface area contributed by atoms with Crippen molar-refractivity contribution in [3.8, 4) is 0 Å². The number of allylic oxidation sites excluding steroid dienone is 1. The van der Waals surface area contributed by atoms with Gasteiger partial charge < -0.3 is 0 Å². The number of benzene rings is 1. The van der Waals surface area contributed by atoms with Crippen LogP contribution in [0.3, 0.4) is 0 Å². The van der Waals surface area contributed by atoms with E-state index in [2.05, 4.69) is 6.58 Å². The number of Topliss-reactive ketones (excluding diaryl/α,β-unsaturated/α-hetero) is 1. The van der Waals surface area contributed by atoms with Gasteiger partial charge in [-0.05, 0) is 6.07 Å². The minimum absolute atomic E-state index is 0.116. The largest absolute Gasteiger partial charge is 0.294 e. The van der Waals surface area contributed by atoms with Gasteiger partial charge in [0.25, 0.3) is 0 Å². The van der Waals surface area contributed by atoms with Crippen molar-refractivity contribution in [1.82, 2.24) is 0 Å². The van der Waals surface area contributed by atoms with Gasteiger partial charge in [-0.3, -0.25) is 4.79 Å². The van der Waals surface area contributed by atoms with Crippen LogP contribution in [-0.2, 0) is 4.79 Å². The van der Waals surface area contributed by atoms with E-state index in [1.54, 1.807) is 32.0 Å². The molecule has 0 aliphatic carbocycles. The van der Waals surface area contributed by atoms with Crippen molar-refractivity contribution in [1.29, 1.82) is 0 Å². The average molecular weight is 192 g/mol. The molecule has 0 saturated carbocycles. The van der Waals surface area contributed by atoms with Crippen molar-refractivity contribution in [3.63, 3.8) is 0 Å². The summed E-state index contributed by atoms with van der Waals surface area (Å²) in [4.78, 5) is 11.5. The number of hydrogen-bond acceptors (Lipinski definition) is 1. The standard InChI is InChI=1S/C12H13FO/c1-8(2)12(14)9(3)10-6-4-5-7-11(10)13/h4-8H,3H2,1-2H3. The molecule has 0 fully saturated rings. The van der Waals surface area contributed by atoms with Crippen LogP contribution < -0.4 is 0 Å². The van der Waals surface area contributed by atoms with E-state index in [0.717, 1.165) is 0 Å². The molecular weight excluding hydrogens is 179 g/mol. The summed E-state index contributed by atoms with van der Waals surface area (Å²) in [6.45, 7) is 7.16. The summed E-state index contributed by atoms with van der Waals surface area (Å²) in [5.74, 6) is -0.663. The van der Waals surface area contributed by atoms with Gasteiger partial charge in [0.15, 0.2) is 5.78 Å². The van der Waals surface area contributed by atoms with Crippen LogP contribution in [0.4, 0.5) is 4.39 Å². The predicted octanol–water partition coefficient (Wildman–Crippen LogP) is 3.06. The maximum Gasteiger partial charge on any atom is 0.165 e. The second-order valence-corrected chi connectivity index (χ2v) is 3.48. The van der Waals surface area contributed by atoms with Crippen LogP contribution in [-0.4, -0.2) is 5.78 Å². The lowest BCUT2D eigenvalue weighted by Crippen LogP contribution is -2.09. The summed E-state index contributed by atoms with van der Waals surface area (Å²) in [6, 6.07) is 6.18.